The van der Waals surface area contributed by atoms with Gasteiger partial charge in [-0.3, -0.25) is 4.79 Å². The molecule has 0 aliphatic carbocycles. The second-order valence-electron chi connectivity index (χ2n) is 4.92. The fourth-order valence-electron chi connectivity index (χ4n) is 2.03. The molecule has 0 saturated heterocycles. The van der Waals surface area contributed by atoms with Crippen molar-refractivity contribution < 1.29 is 4.79 Å². The zero-order valence-corrected chi connectivity index (χ0v) is 15.3. The van der Waals surface area contributed by atoms with Crippen molar-refractivity contribution in [3.05, 3.63) is 48.8 Å². The van der Waals surface area contributed by atoms with Gasteiger partial charge in [0.25, 0.3) is 0 Å². The monoisotopic (exact) mass is 382 g/mol. The Bertz CT molecular complexity index is 610. The Morgan fingerprint density at radius 1 is 1.14 bits per heavy atom. The van der Waals surface area contributed by atoms with Gasteiger partial charge in [-0.2, -0.15) is 0 Å². The van der Waals surface area contributed by atoms with Gasteiger partial charge in [0.1, 0.15) is 0 Å². The summed E-state index contributed by atoms with van der Waals surface area (Å²) in [4.78, 5) is 15.3. The average Bonchev–Trinajstić information content (AvgIpc) is 3.10. The van der Waals surface area contributed by atoms with Crippen LogP contribution in [0.25, 0.3) is 6.08 Å². The van der Waals surface area contributed by atoms with Gasteiger partial charge >= 0.3 is 0 Å². The highest BCUT2D eigenvalue weighted by Gasteiger charge is 2.05. The zero-order chi connectivity index (χ0) is 15.1. The van der Waals surface area contributed by atoms with Crippen molar-refractivity contribution >= 4 is 50.5 Å². The van der Waals surface area contributed by atoms with Crippen molar-refractivity contribution in [2.45, 2.75) is 39.0 Å². The maximum Gasteiger partial charge on any atom is 0.195 e. The summed E-state index contributed by atoms with van der Waals surface area (Å²) in [5.74, 6) is 0.0728. The maximum absolute atomic E-state index is 12.0. The molecule has 2 rings (SSSR count). The number of halogens is 1. The van der Waals surface area contributed by atoms with Crippen molar-refractivity contribution in [2.75, 3.05) is 0 Å². The number of hydrogen-bond acceptors (Lipinski definition) is 3. The number of aryl methyl sites for hydroxylation is 1. The Labute approximate surface area is 142 Å². The molecule has 0 radical (unpaired) electrons. The van der Waals surface area contributed by atoms with Crippen LogP contribution in [0.15, 0.2) is 34.1 Å². The predicted octanol–water partition coefficient (Wildman–Crippen LogP) is 6.59. The van der Waals surface area contributed by atoms with Crippen LogP contribution in [0.4, 0.5) is 0 Å². The van der Waals surface area contributed by atoms with Gasteiger partial charge in [-0.25, -0.2) is 0 Å². The molecule has 112 valence electrons. The molecule has 0 amide bonds. The van der Waals surface area contributed by atoms with Crippen LogP contribution in [0.3, 0.4) is 0 Å². The van der Waals surface area contributed by atoms with Crippen LogP contribution < -0.4 is 0 Å². The molecule has 2 aromatic rings. The Morgan fingerprint density at radius 2 is 2.00 bits per heavy atom. The summed E-state index contributed by atoms with van der Waals surface area (Å²) in [5.41, 5.74) is 0. The van der Waals surface area contributed by atoms with Crippen LogP contribution in [0.5, 0.6) is 0 Å². The predicted molar refractivity (Wildman–Crippen MR) is 97.5 cm³/mol. The number of carbonyl (C=O) groups is 1. The molecule has 0 spiro atoms. The number of hydrogen-bond donors (Lipinski definition) is 0. The molecule has 2 heterocycles. The molecule has 21 heavy (non-hydrogen) atoms. The molecule has 0 aliphatic rings. The van der Waals surface area contributed by atoms with Crippen molar-refractivity contribution in [1.29, 1.82) is 0 Å². The van der Waals surface area contributed by atoms with E-state index in [2.05, 4.69) is 35.0 Å². The van der Waals surface area contributed by atoms with Crippen molar-refractivity contribution in [2.24, 2.45) is 0 Å². The summed E-state index contributed by atoms with van der Waals surface area (Å²) in [6.07, 6.45) is 9.93. The minimum Gasteiger partial charge on any atom is -0.288 e. The standard InChI is InChI=1S/C17H19BrOS2/c1-2-3-4-5-6-13-7-8-14(20-13)9-10-15(19)16-11-12-17(18)21-16/h7-12H,2-6H2,1H3/b10-9+. The van der Waals surface area contributed by atoms with E-state index in [9.17, 15) is 4.79 Å². The lowest BCUT2D eigenvalue weighted by atomic mass is 10.1. The average molecular weight is 383 g/mol. The third-order valence-electron chi connectivity index (χ3n) is 3.17. The van der Waals surface area contributed by atoms with Crippen molar-refractivity contribution in [1.82, 2.24) is 0 Å². The van der Waals surface area contributed by atoms with E-state index in [-0.39, 0.29) is 5.78 Å². The Balaban J connectivity index is 1.86. The molecule has 2 aromatic heterocycles. The summed E-state index contributed by atoms with van der Waals surface area (Å²) < 4.78 is 0.990. The van der Waals surface area contributed by atoms with Crippen LogP contribution in [0.2, 0.25) is 0 Å². The van der Waals surface area contributed by atoms with Crippen LogP contribution in [-0.2, 0) is 6.42 Å². The number of allylic oxidation sites excluding steroid dienone is 1. The lowest BCUT2D eigenvalue weighted by Gasteiger charge is -1.96. The second-order valence-corrected chi connectivity index (χ2v) is 8.58. The normalized spacial score (nSPS) is 11.3. The highest BCUT2D eigenvalue weighted by Crippen LogP contribution is 2.24. The first kappa shape index (κ1) is 16.7. The smallest absolute Gasteiger partial charge is 0.195 e. The van der Waals surface area contributed by atoms with Crippen LogP contribution in [0, 0.1) is 0 Å². The minimum atomic E-state index is 0.0728. The molecule has 0 atom stereocenters. The number of rotatable bonds is 8. The Morgan fingerprint density at radius 3 is 2.71 bits per heavy atom. The highest BCUT2D eigenvalue weighted by atomic mass is 79.9. The SMILES string of the molecule is CCCCCCc1ccc(/C=C/C(=O)c2ccc(Br)s2)s1. The topological polar surface area (TPSA) is 17.1 Å². The van der Waals surface area contributed by atoms with Crippen LogP contribution in [0.1, 0.15) is 52.0 Å². The molecular weight excluding hydrogens is 364 g/mol. The van der Waals surface area contributed by atoms with E-state index < -0.39 is 0 Å². The molecule has 1 nitrogen and oxygen atoms in total. The first-order valence-electron chi connectivity index (χ1n) is 7.25. The molecular formula is C17H19BrOS2. The summed E-state index contributed by atoms with van der Waals surface area (Å²) in [6.45, 7) is 2.23. The van der Waals surface area contributed by atoms with E-state index in [0.717, 1.165) is 20.0 Å². The van der Waals surface area contributed by atoms with E-state index in [1.54, 1.807) is 17.4 Å². The number of unbranched alkanes of at least 4 members (excludes halogenated alkanes) is 3. The van der Waals surface area contributed by atoms with Gasteiger partial charge < -0.3 is 0 Å². The maximum atomic E-state index is 12.0. The van der Waals surface area contributed by atoms with Gasteiger partial charge in [-0.1, -0.05) is 26.2 Å². The van der Waals surface area contributed by atoms with E-state index in [1.165, 1.54) is 41.9 Å². The minimum absolute atomic E-state index is 0.0728. The molecule has 4 heteroatoms. The molecule has 0 bridgehead atoms. The van der Waals surface area contributed by atoms with Crippen LogP contribution >= 0.6 is 38.6 Å². The van der Waals surface area contributed by atoms with Gasteiger partial charge in [0.15, 0.2) is 5.78 Å². The molecule has 0 aliphatic heterocycles. The van der Waals surface area contributed by atoms with Crippen molar-refractivity contribution in [3.63, 3.8) is 0 Å². The van der Waals surface area contributed by atoms with E-state index in [4.69, 9.17) is 0 Å². The quantitative estimate of drug-likeness (QED) is 0.285. The van der Waals surface area contributed by atoms with Gasteiger partial charge in [0.2, 0.25) is 0 Å². The zero-order valence-electron chi connectivity index (χ0n) is 12.1. The Kier molecular flexibility index (Phi) is 6.87. The van der Waals surface area contributed by atoms with Crippen LogP contribution in [-0.4, -0.2) is 5.78 Å². The van der Waals surface area contributed by atoms with Gasteiger partial charge in [0, 0.05) is 9.75 Å². The first-order chi connectivity index (χ1) is 10.2. The molecule has 0 unspecified atom stereocenters. The molecule has 0 fully saturated rings. The fraction of sp³-hybridized carbons (Fsp3) is 0.353. The third kappa shape index (κ3) is 5.53. The van der Waals surface area contributed by atoms with Gasteiger partial charge in [-0.15, -0.1) is 22.7 Å². The molecule has 0 saturated carbocycles. The van der Waals surface area contributed by atoms with E-state index >= 15 is 0 Å². The van der Waals surface area contributed by atoms with E-state index in [0.29, 0.717) is 0 Å². The van der Waals surface area contributed by atoms with Crippen molar-refractivity contribution in [3.8, 4) is 0 Å². The molecule has 0 N–H and O–H groups in total. The fourth-order valence-corrected chi connectivity index (χ4v) is 4.29. The Hall–Kier alpha value is -0.710. The number of ketones is 1. The first-order valence-corrected chi connectivity index (χ1v) is 9.68. The van der Waals surface area contributed by atoms with Gasteiger partial charge in [-0.05, 0) is 65.2 Å². The molecule has 0 aromatic carbocycles. The summed E-state index contributed by atoms with van der Waals surface area (Å²) in [7, 11) is 0. The number of thiophene rings is 2. The van der Waals surface area contributed by atoms with E-state index in [1.807, 2.05) is 18.2 Å². The van der Waals surface area contributed by atoms with Gasteiger partial charge in [0.05, 0.1) is 8.66 Å². The summed E-state index contributed by atoms with van der Waals surface area (Å²) >= 11 is 6.64. The summed E-state index contributed by atoms with van der Waals surface area (Å²) in [5, 5.41) is 0. The number of carbonyl (C=O) groups excluding carboxylic acids is 1. The largest absolute Gasteiger partial charge is 0.288 e. The second kappa shape index (κ2) is 8.66. The summed E-state index contributed by atoms with van der Waals surface area (Å²) in [6, 6.07) is 8.05. The third-order valence-corrected chi connectivity index (χ3v) is 5.92. The highest BCUT2D eigenvalue weighted by molar-refractivity contribution is 9.11. The lowest BCUT2D eigenvalue weighted by molar-refractivity contribution is 0.105. The lowest BCUT2D eigenvalue weighted by Crippen LogP contribution is -1.87.